The average molecular weight is 369 g/mol. The third kappa shape index (κ3) is 3.58. The van der Waals surface area contributed by atoms with Crippen LogP contribution in [0.1, 0.15) is 18.6 Å². The summed E-state index contributed by atoms with van der Waals surface area (Å²) in [5.74, 6) is 0.998. The molecule has 2 aromatic heterocycles. The zero-order chi connectivity index (χ0) is 17.9. The van der Waals surface area contributed by atoms with Gasteiger partial charge in [-0.25, -0.2) is 9.97 Å². The molecule has 0 saturated carbocycles. The highest BCUT2D eigenvalue weighted by Gasteiger charge is 2.25. The van der Waals surface area contributed by atoms with E-state index in [9.17, 15) is 5.11 Å². The zero-order valence-corrected chi connectivity index (χ0v) is 15.8. The maximum atomic E-state index is 10.9. The predicted molar refractivity (Wildman–Crippen MR) is 107 cm³/mol. The molecule has 1 saturated heterocycles. The van der Waals surface area contributed by atoms with E-state index in [1.165, 1.54) is 10.1 Å². The molecule has 3 aromatic rings. The van der Waals surface area contributed by atoms with Gasteiger partial charge in [-0.2, -0.15) is 0 Å². The first kappa shape index (κ1) is 17.4. The maximum Gasteiger partial charge on any atom is 0.225 e. The van der Waals surface area contributed by atoms with E-state index in [1.807, 2.05) is 18.2 Å². The summed E-state index contributed by atoms with van der Waals surface area (Å²) in [7, 11) is 0. The Labute approximate surface area is 157 Å². The average Bonchev–Trinajstić information content (AvgIpc) is 3.13. The van der Waals surface area contributed by atoms with E-state index in [4.69, 9.17) is 0 Å². The summed E-state index contributed by atoms with van der Waals surface area (Å²) in [5, 5.41) is 14.2. The van der Waals surface area contributed by atoms with Crippen LogP contribution >= 0.6 is 11.3 Å². The molecule has 26 heavy (non-hydrogen) atoms. The Morgan fingerprint density at radius 3 is 2.58 bits per heavy atom. The van der Waals surface area contributed by atoms with E-state index in [0.717, 1.165) is 44.2 Å². The number of benzene rings is 1. The molecule has 0 radical (unpaired) electrons. The highest BCUT2D eigenvalue weighted by atomic mass is 32.1. The molecular formula is C20H24N4OS. The SMILES string of the molecule is CC(CN1CCN(c2ncccn2)CC1)C(O)c1csc2ccccc12. The number of hydrogen-bond acceptors (Lipinski definition) is 6. The van der Waals surface area contributed by atoms with Gasteiger partial charge < -0.3 is 10.0 Å². The molecule has 2 atom stereocenters. The molecule has 5 nitrogen and oxygen atoms in total. The lowest BCUT2D eigenvalue weighted by Crippen LogP contribution is -2.48. The summed E-state index contributed by atoms with van der Waals surface area (Å²) < 4.78 is 1.24. The summed E-state index contributed by atoms with van der Waals surface area (Å²) in [6.07, 6.45) is 3.15. The fourth-order valence-corrected chi connectivity index (χ4v) is 4.62. The Hall–Kier alpha value is -2.02. The molecule has 2 unspecified atom stereocenters. The molecule has 1 fully saturated rings. The number of aromatic nitrogens is 2. The van der Waals surface area contributed by atoms with Crippen LogP contribution < -0.4 is 4.90 Å². The van der Waals surface area contributed by atoms with E-state index in [2.05, 4.69) is 44.2 Å². The maximum absolute atomic E-state index is 10.9. The first-order chi connectivity index (χ1) is 12.7. The Kier molecular flexibility index (Phi) is 5.15. The fraction of sp³-hybridized carbons (Fsp3) is 0.400. The molecule has 136 valence electrons. The van der Waals surface area contributed by atoms with Crippen molar-refractivity contribution in [3.05, 3.63) is 53.7 Å². The van der Waals surface area contributed by atoms with Gasteiger partial charge in [0.25, 0.3) is 0 Å². The number of aliphatic hydroxyl groups excluding tert-OH is 1. The van der Waals surface area contributed by atoms with Gasteiger partial charge in [-0.1, -0.05) is 25.1 Å². The number of nitrogens with zero attached hydrogens (tertiary/aromatic N) is 4. The van der Waals surface area contributed by atoms with Gasteiger partial charge in [-0.15, -0.1) is 11.3 Å². The highest BCUT2D eigenvalue weighted by Crippen LogP contribution is 2.33. The van der Waals surface area contributed by atoms with Crippen LogP contribution in [0.4, 0.5) is 5.95 Å². The van der Waals surface area contributed by atoms with Crippen molar-refractivity contribution in [1.82, 2.24) is 14.9 Å². The number of hydrogen-bond donors (Lipinski definition) is 1. The van der Waals surface area contributed by atoms with Crippen molar-refractivity contribution in [1.29, 1.82) is 0 Å². The number of rotatable bonds is 5. The Morgan fingerprint density at radius 1 is 1.08 bits per heavy atom. The third-order valence-electron chi connectivity index (χ3n) is 5.12. The van der Waals surface area contributed by atoms with Crippen LogP contribution in [0.5, 0.6) is 0 Å². The van der Waals surface area contributed by atoms with Crippen molar-refractivity contribution < 1.29 is 5.11 Å². The van der Waals surface area contributed by atoms with Crippen molar-refractivity contribution >= 4 is 27.4 Å². The second-order valence-corrected chi connectivity index (χ2v) is 7.86. The molecule has 0 bridgehead atoms. The van der Waals surface area contributed by atoms with Crippen LogP contribution in [-0.4, -0.2) is 52.7 Å². The van der Waals surface area contributed by atoms with Crippen molar-refractivity contribution in [2.75, 3.05) is 37.6 Å². The van der Waals surface area contributed by atoms with E-state index in [1.54, 1.807) is 23.7 Å². The molecule has 3 heterocycles. The molecular weight excluding hydrogens is 344 g/mol. The Bertz CT molecular complexity index is 845. The predicted octanol–water partition coefficient (Wildman–Crippen LogP) is 3.18. The molecule has 0 amide bonds. The van der Waals surface area contributed by atoms with Gasteiger partial charge in [-0.05, 0) is 34.4 Å². The van der Waals surface area contributed by atoms with E-state index in [0.29, 0.717) is 0 Å². The Balaban J connectivity index is 1.36. The molecule has 6 heteroatoms. The molecule has 0 aliphatic carbocycles. The van der Waals surface area contributed by atoms with Gasteiger partial charge in [0.2, 0.25) is 5.95 Å². The van der Waals surface area contributed by atoms with Gasteiger partial charge in [0.1, 0.15) is 0 Å². The molecule has 1 aromatic carbocycles. The summed E-state index contributed by atoms with van der Waals surface area (Å²) in [5.41, 5.74) is 1.06. The van der Waals surface area contributed by atoms with E-state index in [-0.39, 0.29) is 5.92 Å². The summed E-state index contributed by atoms with van der Waals surface area (Å²) in [6.45, 7) is 6.83. The third-order valence-corrected chi connectivity index (χ3v) is 6.10. The smallest absolute Gasteiger partial charge is 0.225 e. The number of fused-ring (bicyclic) bond motifs is 1. The molecule has 1 aliphatic heterocycles. The zero-order valence-electron chi connectivity index (χ0n) is 15.0. The normalized spacial score (nSPS) is 18.2. The van der Waals surface area contributed by atoms with Gasteiger partial charge in [0.15, 0.2) is 0 Å². The topological polar surface area (TPSA) is 52.5 Å². The first-order valence-corrected chi connectivity index (χ1v) is 9.99. The standard InChI is InChI=1S/C20H24N4OS/c1-15(19(25)17-14-26-18-6-3-2-5-16(17)18)13-23-9-11-24(12-10-23)20-21-7-4-8-22-20/h2-8,14-15,19,25H,9-13H2,1H3. The van der Waals surface area contributed by atoms with Crippen molar-refractivity contribution in [2.45, 2.75) is 13.0 Å². The lowest BCUT2D eigenvalue weighted by atomic mass is 9.96. The minimum atomic E-state index is -0.429. The Morgan fingerprint density at radius 2 is 1.81 bits per heavy atom. The van der Waals surface area contributed by atoms with Crippen molar-refractivity contribution in [3.63, 3.8) is 0 Å². The molecule has 4 rings (SSSR count). The van der Waals surface area contributed by atoms with Crippen molar-refractivity contribution in [3.8, 4) is 0 Å². The van der Waals surface area contributed by atoms with Gasteiger partial charge in [-0.3, -0.25) is 4.90 Å². The van der Waals surface area contributed by atoms with Crippen LogP contribution in [0, 0.1) is 5.92 Å². The van der Waals surface area contributed by atoms with Crippen LogP contribution in [-0.2, 0) is 0 Å². The van der Waals surface area contributed by atoms with Crippen LogP contribution in [0.2, 0.25) is 0 Å². The quantitative estimate of drug-likeness (QED) is 0.750. The van der Waals surface area contributed by atoms with Crippen molar-refractivity contribution in [2.24, 2.45) is 5.92 Å². The minimum absolute atomic E-state index is 0.188. The number of thiophene rings is 1. The second-order valence-electron chi connectivity index (χ2n) is 6.95. The fourth-order valence-electron chi connectivity index (χ4n) is 3.63. The summed E-state index contributed by atoms with van der Waals surface area (Å²) in [6, 6.07) is 10.2. The molecule has 1 aliphatic rings. The number of piperazine rings is 1. The van der Waals surface area contributed by atoms with E-state index >= 15 is 0 Å². The summed E-state index contributed by atoms with van der Waals surface area (Å²) >= 11 is 1.71. The minimum Gasteiger partial charge on any atom is -0.388 e. The highest BCUT2D eigenvalue weighted by molar-refractivity contribution is 7.17. The van der Waals surface area contributed by atoms with Gasteiger partial charge in [0.05, 0.1) is 6.10 Å². The van der Waals surface area contributed by atoms with Gasteiger partial charge in [0, 0.05) is 49.8 Å². The molecule has 1 N–H and O–H groups in total. The number of anilines is 1. The molecule has 0 spiro atoms. The van der Waals surface area contributed by atoms with Crippen LogP contribution in [0.25, 0.3) is 10.1 Å². The second kappa shape index (κ2) is 7.70. The largest absolute Gasteiger partial charge is 0.388 e. The first-order valence-electron chi connectivity index (χ1n) is 9.11. The van der Waals surface area contributed by atoms with Gasteiger partial charge >= 0.3 is 0 Å². The lowest BCUT2D eigenvalue weighted by Gasteiger charge is -2.36. The van der Waals surface area contributed by atoms with E-state index < -0.39 is 6.10 Å². The number of aliphatic hydroxyl groups is 1. The summed E-state index contributed by atoms with van der Waals surface area (Å²) in [4.78, 5) is 13.3. The lowest BCUT2D eigenvalue weighted by molar-refractivity contribution is 0.0875. The van der Waals surface area contributed by atoms with Crippen LogP contribution in [0.15, 0.2) is 48.1 Å². The monoisotopic (exact) mass is 368 g/mol. The van der Waals surface area contributed by atoms with Crippen LogP contribution in [0.3, 0.4) is 0 Å².